The van der Waals surface area contributed by atoms with Crippen molar-refractivity contribution in [1.29, 1.82) is 5.26 Å². The lowest BCUT2D eigenvalue weighted by molar-refractivity contribution is -0.118. The van der Waals surface area contributed by atoms with Gasteiger partial charge < -0.3 is 10.2 Å². The molecule has 3 fully saturated rings. The first-order chi connectivity index (χ1) is 10.3. The molecule has 3 aliphatic heterocycles. The van der Waals surface area contributed by atoms with Gasteiger partial charge in [0.05, 0.1) is 11.6 Å². The largest absolute Gasteiger partial charge is 0.348 e. The second kappa shape index (κ2) is 6.11. The summed E-state index contributed by atoms with van der Waals surface area (Å²) in [6, 6.07) is 11.7. The van der Waals surface area contributed by atoms with Crippen LogP contribution in [-0.2, 0) is 4.79 Å². The summed E-state index contributed by atoms with van der Waals surface area (Å²) in [7, 11) is 0. The van der Waals surface area contributed by atoms with E-state index in [1.807, 2.05) is 30.3 Å². The second-order valence-corrected chi connectivity index (χ2v) is 5.79. The van der Waals surface area contributed by atoms with Crippen molar-refractivity contribution in [3.8, 4) is 6.07 Å². The second-order valence-electron chi connectivity index (χ2n) is 5.79. The molecule has 1 atom stereocenters. The average Bonchev–Trinajstić information content (AvgIpc) is 2.54. The molecule has 4 rings (SSSR count). The minimum Gasteiger partial charge on any atom is -0.348 e. The number of nitrogens with one attached hydrogen (secondary N) is 1. The lowest BCUT2D eigenvalue weighted by atomic mass is 9.84. The highest BCUT2D eigenvalue weighted by molar-refractivity contribution is 5.98. The summed E-state index contributed by atoms with van der Waals surface area (Å²) in [5.41, 5.74) is 1.19. The molecule has 1 N–H and O–H groups in total. The lowest BCUT2D eigenvalue weighted by Gasteiger charge is -2.44. The molecule has 1 aromatic carbocycles. The number of hydrogen-bond donors (Lipinski definition) is 1. The van der Waals surface area contributed by atoms with E-state index in [-0.39, 0.29) is 11.9 Å². The van der Waals surface area contributed by atoms with Gasteiger partial charge in [-0.05, 0) is 37.4 Å². The quantitative estimate of drug-likeness (QED) is 0.679. The van der Waals surface area contributed by atoms with E-state index in [9.17, 15) is 10.1 Å². The van der Waals surface area contributed by atoms with Gasteiger partial charge in [0.15, 0.2) is 0 Å². The molecule has 1 amide bonds. The van der Waals surface area contributed by atoms with Crippen LogP contribution in [0.4, 0.5) is 0 Å². The van der Waals surface area contributed by atoms with Crippen LogP contribution in [0.15, 0.2) is 36.4 Å². The number of nitrogens with zero attached hydrogens (tertiary/aromatic N) is 2. The fourth-order valence-electron chi connectivity index (χ4n) is 3.28. The molecular weight excluding hydrogens is 262 g/mol. The number of fused-ring (bicyclic) bond motifs is 3. The maximum absolute atomic E-state index is 12.2. The Hall–Kier alpha value is -2.12. The van der Waals surface area contributed by atoms with Crippen LogP contribution in [0.1, 0.15) is 18.4 Å². The molecule has 0 saturated carbocycles. The Balaban J connectivity index is 1.68. The molecule has 0 aliphatic carbocycles. The third-order valence-electron chi connectivity index (χ3n) is 4.46. The van der Waals surface area contributed by atoms with Gasteiger partial charge in [-0.2, -0.15) is 5.26 Å². The molecule has 1 aromatic rings. The monoisotopic (exact) mass is 281 g/mol. The van der Waals surface area contributed by atoms with Gasteiger partial charge in [0.2, 0.25) is 5.91 Å². The molecule has 3 aliphatic rings. The van der Waals surface area contributed by atoms with Gasteiger partial charge in [0.25, 0.3) is 0 Å². The van der Waals surface area contributed by atoms with Gasteiger partial charge in [-0.3, -0.25) is 4.79 Å². The average molecular weight is 281 g/mol. The lowest BCUT2D eigenvalue weighted by Crippen LogP contribution is -2.57. The topological polar surface area (TPSA) is 56.1 Å². The van der Waals surface area contributed by atoms with Crippen molar-refractivity contribution >= 4 is 11.5 Å². The van der Waals surface area contributed by atoms with E-state index in [0.717, 1.165) is 25.2 Å². The Morgan fingerprint density at radius 1 is 1.29 bits per heavy atom. The minimum atomic E-state index is -0.158. The maximum atomic E-state index is 12.2. The first kappa shape index (κ1) is 13.8. The van der Waals surface area contributed by atoms with Crippen molar-refractivity contribution in [2.75, 3.05) is 19.6 Å². The number of carbonyl (C=O) groups excluding carboxylic acids is 1. The first-order valence-electron chi connectivity index (χ1n) is 7.46. The molecule has 21 heavy (non-hydrogen) atoms. The Kier molecular flexibility index (Phi) is 4.03. The van der Waals surface area contributed by atoms with E-state index in [1.165, 1.54) is 18.9 Å². The van der Waals surface area contributed by atoms with Gasteiger partial charge in [-0.25, -0.2) is 0 Å². The van der Waals surface area contributed by atoms with Crippen LogP contribution in [0.3, 0.4) is 0 Å². The van der Waals surface area contributed by atoms with E-state index >= 15 is 0 Å². The summed E-state index contributed by atoms with van der Waals surface area (Å²) in [6.45, 7) is 3.25. The molecule has 2 bridgehead atoms. The maximum Gasteiger partial charge on any atom is 0.245 e. The zero-order valence-electron chi connectivity index (χ0n) is 12.0. The van der Waals surface area contributed by atoms with Crippen LogP contribution in [0.25, 0.3) is 5.57 Å². The van der Waals surface area contributed by atoms with Crippen LogP contribution >= 0.6 is 0 Å². The summed E-state index contributed by atoms with van der Waals surface area (Å²) < 4.78 is 0. The van der Waals surface area contributed by atoms with Gasteiger partial charge in [0.1, 0.15) is 0 Å². The molecule has 3 heterocycles. The minimum absolute atomic E-state index is 0.158. The van der Waals surface area contributed by atoms with Gasteiger partial charge in [-0.15, -0.1) is 0 Å². The molecule has 4 heteroatoms. The highest BCUT2D eigenvalue weighted by Gasteiger charge is 2.34. The van der Waals surface area contributed by atoms with Crippen molar-refractivity contribution in [3.05, 3.63) is 42.0 Å². The predicted molar refractivity (Wildman–Crippen MR) is 81.1 cm³/mol. The fourth-order valence-corrected chi connectivity index (χ4v) is 3.28. The van der Waals surface area contributed by atoms with Crippen LogP contribution in [0.5, 0.6) is 0 Å². The first-order valence-corrected chi connectivity index (χ1v) is 7.46. The molecule has 1 unspecified atom stereocenters. The van der Waals surface area contributed by atoms with Crippen LogP contribution in [0, 0.1) is 17.2 Å². The summed E-state index contributed by atoms with van der Waals surface area (Å²) in [5.74, 6) is 0.434. The summed E-state index contributed by atoms with van der Waals surface area (Å²) >= 11 is 0. The Morgan fingerprint density at radius 3 is 2.57 bits per heavy atom. The highest BCUT2D eigenvalue weighted by Crippen LogP contribution is 2.27. The van der Waals surface area contributed by atoms with Gasteiger partial charge in [0, 0.05) is 18.7 Å². The van der Waals surface area contributed by atoms with E-state index in [4.69, 9.17) is 0 Å². The normalized spacial score (nSPS) is 28.0. The number of allylic oxidation sites excluding steroid dienone is 1. The van der Waals surface area contributed by atoms with E-state index in [2.05, 4.69) is 16.3 Å². The van der Waals surface area contributed by atoms with Crippen LogP contribution < -0.4 is 5.32 Å². The predicted octanol–water partition coefficient (Wildman–Crippen LogP) is 1.80. The number of hydrogen-bond acceptors (Lipinski definition) is 3. The molecule has 108 valence electrons. The van der Waals surface area contributed by atoms with Gasteiger partial charge in [-0.1, -0.05) is 30.3 Å². The molecule has 3 saturated heterocycles. The number of benzene rings is 1. The Bertz CT molecular complexity index is 580. The Morgan fingerprint density at radius 2 is 2.00 bits per heavy atom. The molecule has 4 nitrogen and oxygen atoms in total. The number of carbonyl (C=O) groups is 1. The molecule has 0 aromatic heterocycles. The van der Waals surface area contributed by atoms with Gasteiger partial charge >= 0.3 is 0 Å². The standard InChI is InChI=1S/C17H19N3O/c18-11-15(13-4-2-1-3-5-13)10-17(21)19-16-12-20-8-6-14(16)7-9-20/h1-5,10,14,16H,6-9,12H2,(H,19,21). The number of piperidine rings is 3. The SMILES string of the molecule is N#CC(=CC(=O)NC1CN2CCC1CC2)c1ccccc1. The molecule has 0 spiro atoms. The van der Waals surface area contributed by atoms with E-state index in [0.29, 0.717) is 11.5 Å². The zero-order valence-corrected chi connectivity index (χ0v) is 12.0. The van der Waals surface area contributed by atoms with Crippen molar-refractivity contribution in [2.24, 2.45) is 5.92 Å². The van der Waals surface area contributed by atoms with Crippen molar-refractivity contribution < 1.29 is 4.79 Å². The fraction of sp³-hybridized carbons (Fsp3) is 0.412. The molecular formula is C17H19N3O. The zero-order chi connectivity index (χ0) is 14.7. The van der Waals surface area contributed by atoms with Crippen molar-refractivity contribution in [1.82, 2.24) is 10.2 Å². The summed E-state index contributed by atoms with van der Waals surface area (Å²) in [4.78, 5) is 14.6. The van der Waals surface area contributed by atoms with Crippen LogP contribution in [0.2, 0.25) is 0 Å². The van der Waals surface area contributed by atoms with E-state index in [1.54, 1.807) is 0 Å². The number of rotatable bonds is 3. The van der Waals surface area contributed by atoms with Crippen LogP contribution in [-0.4, -0.2) is 36.5 Å². The summed E-state index contributed by atoms with van der Waals surface area (Å²) in [5, 5.41) is 12.3. The third kappa shape index (κ3) is 3.14. The smallest absolute Gasteiger partial charge is 0.245 e. The summed E-state index contributed by atoms with van der Waals surface area (Å²) in [6.07, 6.45) is 3.75. The van der Waals surface area contributed by atoms with E-state index < -0.39 is 0 Å². The number of nitriles is 1. The Labute approximate surface area is 125 Å². The number of amides is 1. The highest BCUT2D eigenvalue weighted by atomic mass is 16.1. The molecule has 0 radical (unpaired) electrons. The van der Waals surface area contributed by atoms with Crippen molar-refractivity contribution in [2.45, 2.75) is 18.9 Å². The third-order valence-corrected chi connectivity index (χ3v) is 4.46. The van der Waals surface area contributed by atoms with Crippen molar-refractivity contribution in [3.63, 3.8) is 0 Å².